The van der Waals surface area contributed by atoms with Gasteiger partial charge in [0.1, 0.15) is 0 Å². The van der Waals surface area contributed by atoms with Crippen LogP contribution in [0.5, 0.6) is 0 Å². The molecule has 2 bridgehead atoms. The van der Waals surface area contributed by atoms with E-state index in [9.17, 15) is 4.79 Å². The van der Waals surface area contributed by atoms with Crippen molar-refractivity contribution in [2.24, 2.45) is 0 Å². The highest BCUT2D eigenvalue weighted by molar-refractivity contribution is 9.10. The summed E-state index contributed by atoms with van der Waals surface area (Å²) in [6, 6.07) is 4.64. The Morgan fingerprint density at radius 1 is 1.00 bits per heavy atom. The van der Waals surface area contributed by atoms with Gasteiger partial charge in [-0.2, -0.15) is 0 Å². The fourth-order valence-electron chi connectivity index (χ4n) is 3.60. The summed E-state index contributed by atoms with van der Waals surface area (Å²) in [5.74, 6) is 0.217. The second-order valence-corrected chi connectivity index (χ2v) is 9.85. The molecule has 4 heterocycles. The number of piperidine rings is 1. The first-order valence-corrected chi connectivity index (χ1v) is 11.1. The molecule has 2 unspecified atom stereocenters. The average molecular weight is 485 g/mol. The summed E-state index contributed by atoms with van der Waals surface area (Å²) in [5.41, 5.74) is 1.87. The third-order valence-corrected chi connectivity index (χ3v) is 7.99. The second-order valence-electron chi connectivity index (χ2n) is 6.14. The number of carbonyl (C=O) groups is 1. The minimum absolute atomic E-state index is 0.217. The summed E-state index contributed by atoms with van der Waals surface area (Å²) in [4.78, 5) is 17.8. The number of nitrogens with zero attached hydrogens (tertiary/aromatic N) is 1. The normalized spacial score (nSPS) is 27.5. The third-order valence-electron chi connectivity index (χ3n) is 4.71. The highest BCUT2D eigenvalue weighted by Crippen LogP contribution is 2.41. The van der Waals surface area contributed by atoms with Gasteiger partial charge in [0, 0.05) is 52.7 Å². The summed E-state index contributed by atoms with van der Waals surface area (Å²) in [6.45, 7) is 0. The van der Waals surface area contributed by atoms with E-state index in [1.54, 1.807) is 22.7 Å². The fourth-order valence-corrected chi connectivity index (χ4v) is 6.37. The minimum atomic E-state index is 0.217. The van der Waals surface area contributed by atoms with Crippen LogP contribution in [0.3, 0.4) is 0 Å². The zero-order valence-corrected chi connectivity index (χ0v) is 17.8. The summed E-state index contributed by atoms with van der Waals surface area (Å²) in [6.07, 6.45) is 6.27. The van der Waals surface area contributed by atoms with E-state index in [1.165, 1.54) is 0 Å². The van der Waals surface area contributed by atoms with Gasteiger partial charge in [0.25, 0.3) is 0 Å². The van der Waals surface area contributed by atoms with Crippen LogP contribution in [-0.4, -0.2) is 29.8 Å². The zero-order chi connectivity index (χ0) is 16.8. The molecule has 2 fully saturated rings. The first-order valence-electron chi connectivity index (χ1n) is 7.71. The van der Waals surface area contributed by atoms with E-state index in [0.717, 1.165) is 42.7 Å². The lowest BCUT2D eigenvalue weighted by Gasteiger charge is -2.34. The maximum atomic E-state index is 13.2. The first kappa shape index (κ1) is 16.9. The molecule has 6 heteroatoms. The summed E-state index contributed by atoms with van der Waals surface area (Å²) in [5, 5.41) is 4.11. The smallest absolute Gasteiger partial charge is 0.188 e. The van der Waals surface area contributed by atoms with Crippen molar-refractivity contribution in [3.05, 3.63) is 52.7 Å². The molecule has 2 aromatic rings. The number of carbonyl (C=O) groups excluding carboxylic acids is 1. The van der Waals surface area contributed by atoms with E-state index in [1.807, 2.05) is 0 Å². The standard InChI is InChI=1S/C18H15Br2NOS2/c1-21-16-2-3-17(21)15(7-13-5-11(20)9-24-13)18(22)14(16)6-12-4-10(19)8-23-12/h4-9,16-17H,2-3H2,1H3/b14-6-,15-7-. The average Bonchev–Trinajstić information content (AvgIpc) is 3.21. The zero-order valence-electron chi connectivity index (χ0n) is 13.0. The lowest BCUT2D eigenvalue weighted by molar-refractivity contribution is -0.114. The van der Waals surface area contributed by atoms with Crippen LogP contribution in [0.15, 0.2) is 43.0 Å². The van der Waals surface area contributed by atoms with Crippen molar-refractivity contribution in [2.45, 2.75) is 24.9 Å². The van der Waals surface area contributed by atoms with Gasteiger partial charge >= 0.3 is 0 Å². The van der Waals surface area contributed by atoms with Crippen LogP contribution in [0.4, 0.5) is 0 Å². The van der Waals surface area contributed by atoms with Crippen LogP contribution in [0.1, 0.15) is 22.6 Å². The van der Waals surface area contributed by atoms with Gasteiger partial charge in [0.15, 0.2) is 5.78 Å². The third kappa shape index (κ3) is 3.03. The van der Waals surface area contributed by atoms with E-state index in [-0.39, 0.29) is 17.9 Å². The monoisotopic (exact) mass is 483 g/mol. The molecule has 2 aromatic heterocycles. The van der Waals surface area contributed by atoms with Gasteiger partial charge in [-0.1, -0.05) is 0 Å². The molecule has 24 heavy (non-hydrogen) atoms. The van der Waals surface area contributed by atoms with Gasteiger partial charge in [0.05, 0.1) is 0 Å². The molecule has 2 aliphatic rings. The number of ketones is 1. The number of Topliss-reactive ketones (excluding diaryl/α,β-unsaturated/α-hetero) is 1. The van der Waals surface area contributed by atoms with E-state index in [2.05, 4.69) is 78.9 Å². The summed E-state index contributed by atoms with van der Waals surface area (Å²) in [7, 11) is 2.14. The number of likely N-dealkylation sites (N-methyl/N-ethyl adjacent to an activating group) is 1. The Bertz CT molecular complexity index is 796. The molecule has 4 rings (SSSR count). The van der Waals surface area contributed by atoms with E-state index in [0.29, 0.717) is 0 Å². The minimum Gasteiger partial charge on any atom is -0.292 e. The fraction of sp³-hybridized carbons (Fsp3) is 0.278. The summed E-state index contributed by atoms with van der Waals surface area (Å²) < 4.78 is 2.14. The molecule has 0 aliphatic carbocycles. The quantitative estimate of drug-likeness (QED) is 0.498. The van der Waals surface area contributed by atoms with Crippen molar-refractivity contribution in [3.8, 4) is 0 Å². The molecular formula is C18H15Br2NOS2. The van der Waals surface area contributed by atoms with Crippen LogP contribution in [0.25, 0.3) is 12.2 Å². The number of thiophene rings is 2. The van der Waals surface area contributed by atoms with Crippen molar-refractivity contribution < 1.29 is 4.79 Å². The molecule has 0 N–H and O–H groups in total. The number of hydrogen-bond donors (Lipinski definition) is 0. The summed E-state index contributed by atoms with van der Waals surface area (Å²) >= 11 is 10.3. The van der Waals surface area contributed by atoms with Crippen LogP contribution < -0.4 is 0 Å². The lowest BCUT2D eigenvalue weighted by Crippen LogP contribution is -2.43. The molecule has 0 saturated carbocycles. The van der Waals surface area contributed by atoms with Gasteiger partial charge in [0.2, 0.25) is 0 Å². The van der Waals surface area contributed by atoms with Crippen molar-refractivity contribution >= 4 is 72.5 Å². The van der Waals surface area contributed by atoms with Gasteiger partial charge < -0.3 is 0 Å². The SMILES string of the molecule is CN1C2CCC1/C(=C/c1cc(Br)cs1)C(=O)/C2=C\c1cc(Br)cs1. The Morgan fingerprint density at radius 2 is 1.46 bits per heavy atom. The Balaban J connectivity index is 1.77. The van der Waals surface area contributed by atoms with Crippen molar-refractivity contribution in [1.29, 1.82) is 0 Å². The lowest BCUT2D eigenvalue weighted by atomic mass is 9.90. The molecule has 0 radical (unpaired) electrons. The second kappa shape index (κ2) is 6.65. The molecule has 0 aromatic carbocycles. The number of halogens is 2. The van der Waals surface area contributed by atoms with Crippen molar-refractivity contribution in [2.75, 3.05) is 7.05 Å². The number of fused-ring (bicyclic) bond motifs is 2. The van der Waals surface area contributed by atoms with Gasteiger partial charge in [-0.25, -0.2) is 0 Å². The predicted octanol–water partition coefficient (Wildman–Crippen LogP) is 5.85. The maximum Gasteiger partial charge on any atom is 0.188 e. The first-order chi connectivity index (χ1) is 11.5. The molecule has 2 aliphatic heterocycles. The molecule has 2 nitrogen and oxygen atoms in total. The maximum absolute atomic E-state index is 13.2. The number of rotatable bonds is 2. The molecule has 0 spiro atoms. The van der Waals surface area contributed by atoms with Gasteiger partial charge in [-0.05, 0) is 76.0 Å². The van der Waals surface area contributed by atoms with Crippen LogP contribution in [-0.2, 0) is 4.79 Å². The predicted molar refractivity (Wildman–Crippen MR) is 110 cm³/mol. The Morgan fingerprint density at radius 3 is 1.83 bits per heavy atom. The topological polar surface area (TPSA) is 20.3 Å². The van der Waals surface area contributed by atoms with Crippen LogP contribution >= 0.6 is 54.5 Å². The molecule has 0 amide bonds. The largest absolute Gasteiger partial charge is 0.292 e. The molecular weight excluding hydrogens is 470 g/mol. The van der Waals surface area contributed by atoms with E-state index < -0.39 is 0 Å². The van der Waals surface area contributed by atoms with Crippen LogP contribution in [0, 0.1) is 0 Å². The van der Waals surface area contributed by atoms with Gasteiger partial charge in [-0.15, -0.1) is 22.7 Å². The van der Waals surface area contributed by atoms with Crippen LogP contribution in [0.2, 0.25) is 0 Å². The highest BCUT2D eigenvalue weighted by Gasteiger charge is 2.44. The Labute approximate surface area is 166 Å². The van der Waals surface area contributed by atoms with Gasteiger partial charge in [-0.3, -0.25) is 9.69 Å². The molecule has 124 valence electrons. The van der Waals surface area contributed by atoms with Crippen molar-refractivity contribution in [3.63, 3.8) is 0 Å². The molecule has 2 saturated heterocycles. The number of hydrogen-bond acceptors (Lipinski definition) is 4. The van der Waals surface area contributed by atoms with E-state index >= 15 is 0 Å². The highest BCUT2D eigenvalue weighted by atomic mass is 79.9. The molecule has 2 atom stereocenters. The van der Waals surface area contributed by atoms with Crippen molar-refractivity contribution in [1.82, 2.24) is 4.90 Å². The Hall–Kier alpha value is -0.530. The van der Waals surface area contributed by atoms with E-state index in [4.69, 9.17) is 0 Å². The Kier molecular flexibility index (Phi) is 4.69.